The standard InChI is InChI=1S/C21H26N4O4/c1-14-9-11-24(23-14)12-10-22-21(27)20-19(15-3-7-17(28-2)8-4-15)25(16-5-6-16)18(26)13-29-20/h3-4,7-9,11,16,19-20H,5-6,10,12-13H2,1-2H3,(H,22,27)/t19-,20+/m1/s1. The molecule has 154 valence electrons. The zero-order valence-electron chi connectivity index (χ0n) is 16.7. The van der Waals surface area contributed by atoms with Crippen LogP contribution >= 0.6 is 0 Å². The van der Waals surface area contributed by atoms with Crippen LogP contribution in [0.15, 0.2) is 36.5 Å². The quantitative estimate of drug-likeness (QED) is 0.763. The van der Waals surface area contributed by atoms with E-state index in [9.17, 15) is 9.59 Å². The molecule has 2 aromatic rings. The van der Waals surface area contributed by atoms with Crippen LogP contribution in [-0.2, 0) is 20.9 Å². The first-order valence-corrected chi connectivity index (χ1v) is 9.91. The van der Waals surface area contributed by atoms with E-state index >= 15 is 0 Å². The van der Waals surface area contributed by atoms with Crippen LogP contribution < -0.4 is 10.1 Å². The number of morpholine rings is 1. The van der Waals surface area contributed by atoms with Gasteiger partial charge in [-0.3, -0.25) is 14.3 Å². The molecular formula is C21H26N4O4. The Morgan fingerprint density at radius 2 is 2.03 bits per heavy atom. The summed E-state index contributed by atoms with van der Waals surface area (Å²) in [6.07, 6.45) is 3.06. The van der Waals surface area contributed by atoms with E-state index < -0.39 is 12.1 Å². The van der Waals surface area contributed by atoms with E-state index in [4.69, 9.17) is 9.47 Å². The zero-order valence-corrected chi connectivity index (χ0v) is 16.7. The molecule has 1 saturated carbocycles. The number of rotatable bonds is 7. The van der Waals surface area contributed by atoms with Gasteiger partial charge in [-0.2, -0.15) is 5.10 Å². The molecular weight excluding hydrogens is 372 g/mol. The number of methoxy groups -OCH3 is 1. The fourth-order valence-corrected chi connectivity index (χ4v) is 3.75. The van der Waals surface area contributed by atoms with Crippen molar-refractivity contribution >= 4 is 11.8 Å². The smallest absolute Gasteiger partial charge is 0.251 e. The molecule has 1 saturated heterocycles. The van der Waals surface area contributed by atoms with Gasteiger partial charge < -0.3 is 19.7 Å². The Balaban J connectivity index is 1.50. The van der Waals surface area contributed by atoms with Crippen molar-refractivity contribution in [1.82, 2.24) is 20.0 Å². The minimum Gasteiger partial charge on any atom is -0.497 e. The molecule has 29 heavy (non-hydrogen) atoms. The van der Waals surface area contributed by atoms with Crippen molar-refractivity contribution in [2.45, 2.75) is 44.5 Å². The highest BCUT2D eigenvalue weighted by atomic mass is 16.5. The number of aromatic nitrogens is 2. The average molecular weight is 398 g/mol. The van der Waals surface area contributed by atoms with Crippen LogP contribution in [0.2, 0.25) is 0 Å². The minimum atomic E-state index is -0.749. The Morgan fingerprint density at radius 1 is 1.28 bits per heavy atom. The summed E-state index contributed by atoms with van der Waals surface area (Å²) in [5, 5.41) is 7.26. The number of aryl methyl sites for hydroxylation is 1. The van der Waals surface area contributed by atoms with Crippen molar-refractivity contribution in [3.8, 4) is 5.75 Å². The third kappa shape index (κ3) is 4.27. The Labute approximate surface area is 169 Å². The van der Waals surface area contributed by atoms with E-state index in [0.29, 0.717) is 13.1 Å². The Kier molecular flexibility index (Phi) is 5.53. The highest BCUT2D eigenvalue weighted by Gasteiger charge is 2.47. The predicted molar refractivity (Wildman–Crippen MR) is 105 cm³/mol. The molecule has 0 unspecified atom stereocenters. The number of hydrogen-bond donors (Lipinski definition) is 1. The van der Waals surface area contributed by atoms with Crippen molar-refractivity contribution in [3.63, 3.8) is 0 Å². The molecule has 8 heteroatoms. The van der Waals surface area contributed by atoms with Crippen LogP contribution in [0.3, 0.4) is 0 Å². The number of carbonyl (C=O) groups is 2. The number of carbonyl (C=O) groups excluding carboxylic acids is 2. The monoisotopic (exact) mass is 398 g/mol. The number of amides is 2. The maximum atomic E-state index is 13.0. The van der Waals surface area contributed by atoms with Gasteiger partial charge in [-0.1, -0.05) is 12.1 Å². The largest absolute Gasteiger partial charge is 0.497 e. The molecule has 1 aliphatic carbocycles. The SMILES string of the molecule is COc1ccc([C@@H]2[C@@H](C(=O)NCCn3ccc(C)n3)OCC(=O)N2C2CC2)cc1. The van der Waals surface area contributed by atoms with Crippen LogP contribution in [0.25, 0.3) is 0 Å². The van der Waals surface area contributed by atoms with Gasteiger partial charge >= 0.3 is 0 Å². The van der Waals surface area contributed by atoms with Gasteiger partial charge in [0.05, 0.1) is 25.4 Å². The van der Waals surface area contributed by atoms with Crippen molar-refractivity contribution < 1.29 is 19.1 Å². The number of nitrogens with zero attached hydrogens (tertiary/aromatic N) is 3. The van der Waals surface area contributed by atoms with Crippen LogP contribution in [0.1, 0.15) is 30.1 Å². The summed E-state index contributed by atoms with van der Waals surface area (Å²) < 4.78 is 12.8. The van der Waals surface area contributed by atoms with Gasteiger partial charge in [-0.15, -0.1) is 0 Å². The summed E-state index contributed by atoms with van der Waals surface area (Å²) >= 11 is 0. The van der Waals surface area contributed by atoms with Gasteiger partial charge in [0.1, 0.15) is 12.4 Å². The zero-order chi connectivity index (χ0) is 20.4. The van der Waals surface area contributed by atoms with Gasteiger partial charge in [-0.25, -0.2) is 0 Å². The van der Waals surface area contributed by atoms with Crippen molar-refractivity contribution in [2.24, 2.45) is 0 Å². The van der Waals surface area contributed by atoms with E-state index in [2.05, 4.69) is 10.4 Å². The van der Waals surface area contributed by atoms with Gasteiger partial charge in [-0.05, 0) is 43.5 Å². The van der Waals surface area contributed by atoms with Crippen LogP contribution in [-0.4, -0.2) is 58.9 Å². The normalized spacial score (nSPS) is 21.9. The fraction of sp³-hybridized carbons (Fsp3) is 0.476. The lowest BCUT2D eigenvalue weighted by Crippen LogP contribution is -2.55. The summed E-state index contributed by atoms with van der Waals surface area (Å²) in [7, 11) is 1.61. The molecule has 8 nitrogen and oxygen atoms in total. The molecule has 1 aromatic carbocycles. The molecule has 1 aliphatic heterocycles. The third-order valence-electron chi connectivity index (χ3n) is 5.33. The molecule has 2 atom stereocenters. The molecule has 0 radical (unpaired) electrons. The predicted octanol–water partition coefficient (Wildman–Crippen LogP) is 1.45. The van der Waals surface area contributed by atoms with Gasteiger partial charge in [0.15, 0.2) is 6.10 Å². The lowest BCUT2D eigenvalue weighted by atomic mass is 9.96. The molecule has 2 heterocycles. The Hall–Kier alpha value is -2.87. The summed E-state index contributed by atoms with van der Waals surface area (Å²) in [6.45, 7) is 2.87. The molecule has 2 fully saturated rings. The highest BCUT2D eigenvalue weighted by molar-refractivity contribution is 5.86. The van der Waals surface area contributed by atoms with Crippen LogP contribution in [0, 0.1) is 6.92 Å². The molecule has 1 aromatic heterocycles. The summed E-state index contributed by atoms with van der Waals surface area (Å²) in [5.41, 5.74) is 1.80. The summed E-state index contributed by atoms with van der Waals surface area (Å²) in [4.78, 5) is 27.4. The maximum Gasteiger partial charge on any atom is 0.251 e. The number of ether oxygens (including phenoxy) is 2. The summed E-state index contributed by atoms with van der Waals surface area (Å²) in [5.74, 6) is 0.447. The number of nitrogens with one attached hydrogen (secondary N) is 1. The molecule has 0 spiro atoms. The Bertz CT molecular complexity index is 875. The molecule has 2 aliphatic rings. The molecule has 1 N–H and O–H groups in total. The van der Waals surface area contributed by atoms with E-state index in [1.165, 1.54) is 0 Å². The lowest BCUT2D eigenvalue weighted by molar-refractivity contribution is -0.165. The second kappa shape index (κ2) is 8.24. The molecule has 4 rings (SSSR count). The molecule has 2 amide bonds. The van der Waals surface area contributed by atoms with Gasteiger partial charge in [0.2, 0.25) is 5.91 Å². The highest BCUT2D eigenvalue weighted by Crippen LogP contribution is 2.39. The van der Waals surface area contributed by atoms with Gasteiger partial charge in [0, 0.05) is 18.8 Å². The van der Waals surface area contributed by atoms with E-state index in [-0.39, 0.29) is 24.5 Å². The van der Waals surface area contributed by atoms with E-state index in [1.54, 1.807) is 11.8 Å². The maximum absolute atomic E-state index is 13.0. The lowest BCUT2D eigenvalue weighted by Gasteiger charge is -2.40. The van der Waals surface area contributed by atoms with Crippen molar-refractivity contribution in [3.05, 3.63) is 47.8 Å². The van der Waals surface area contributed by atoms with Crippen LogP contribution in [0.5, 0.6) is 5.75 Å². The number of hydrogen-bond acceptors (Lipinski definition) is 5. The first kappa shape index (κ1) is 19.4. The van der Waals surface area contributed by atoms with E-state index in [0.717, 1.165) is 29.8 Å². The average Bonchev–Trinajstić information content (AvgIpc) is 3.48. The topological polar surface area (TPSA) is 85.7 Å². The molecule has 0 bridgehead atoms. The first-order valence-electron chi connectivity index (χ1n) is 9.91. The fourth-order valence-electron chi connectivity index (χ4n) is 3.75. The number of benzene rings is 1. The first-order chi connectivity index (χ1) is 14.1. The third-order valence-corrected chi connectivity index (χ3v) is 5.33. The second-order valence-corrected chi connectivity index (χ2v) is 7.49. The van der Waals surface area contributed by atoms with Gasteiger partial charge in [0.25, 0.3) is 5.91 Å². The summed E-state index contributed by atoms with van der Waals surface area (Å²) in [6, 6.07) is 9.14. The van der Waals surface area contributed by atoms with Crippen LogP contribution in [0.4, 0.5) is 0 Å². The minimum absolute atomic E-state index is 0.0654. The van der Waals surface area contributed by atoms with Crippen molar-refractivity contribution in [1.29, 1.82) is 0 Å². The van der Waals surface area contributed by atoms with E-state index in [1.807, 2.05) is 48.4 Å². The Morgan fingerprint density at radius 3 is 2.66 bits per heavy atom. The van der Waals surface area contributed by atoms with Crippen molar-refractivity contribution in [2.75, 3.05) is 20.3 Å². The second-order valence-electron chi connectivity index (χ2n) is 7.49.